The molecule has 8 fully saturated rings. The standard InChI is InChI=1S/C59H92O26/c1-8-9-10-11-36(66)80-35-20-54(2,3)18-27-26-12-13-32-55(4)16-15-34(56(5,24-62)31(55)14-17-57(32,6)58(26,7)19-33(65)59(27,35)25-63)81-53-48(85-51-43(73)41(71)39(69)30(22-61)79-51)45(44(74)46(83-53)49(75)76)82-52-47(37(67)28(64)23-77-52)84-50-42(72)40(70)38(68)29(21-60)78-50/h10-12,24,27-35,37-48,50-53,60-61,63-65,67-74H,8-9,13-23,25H2,1-7H3,(H,75,76)/b11-10+/t27-,28-,29+,30+,31?,32?,33+,34-,35-,37-,38+,39-,40-,41-,42+,43+,44-,45-,46-,47+,48+,50-,51-,52-,53+,55-,56-,57+,58+,59-/m0/s1. The number of esters is 1. The lowest BCUT2D eigenvalue weighted by Gasteiger charge is -2.72. The van der Waals surface area contributed by atoms with Crippen molar-refractivity contribution in [1.29, 1.82) is 0 Å². The number of allylic oxidation sites excluding steroid dienone is 3. The Labute approximate surface area is 493 Å². The van der Waals surface area contributed by atoms with Gasteiger partial charge in [0.2, 0.25) is 0 Å². The van der Waals surface area contributed by atoms with Crippen molar-refractivity contribution in [3.63, 3.8) is 0 Å². The van der Waals surface area contributed by atoms with Gasteiger partial charge in [-0.1, -0.05) is 72.6 Å². The Hall–Kier alpha value is -2.75. The van der Waals surface area contributed by atoms with E-state index >= 15 is 0 Å². The van der Waals surface area contributed by atoms with Crippen molar-refractivity contribution in [2.45, 2.75) is 248 Å². The van der Waals surface area contributed by atoms with Crippen LogP contribution in [0.5, 0.6) is 0 Å². The number of aliphatic carboxylic acids is 1. The average molecular weight is 1220 g/mol. The molecule has 0 aromatic heterocycles. The molecule has 4 saturated carbocycles. The molecular formula is C59H92O26. The lowest BCUT2D eigenvalue weighted by molar-refractivity contribution is -0.400. The van der Waals surface area contributed by atoms with Crippen LogP contribution in [0.25, 0.3) is 0 Å². The van der Waals surface area contributed by atoms with Gasteiger partial charge in [-0.15, -0.1) is 0 Å². The Morgan fingerprint density at radius 1 is 0.659 bits per heavy atom. The van der Waals surface area contributed by atoms with Gasteiger partial charge < -0.3 is 119 Å². The summed E-state index contributed by atoms with van der Waals surface area (Å²) in [6.45, 7) is 11.7. The maximum Gasteiger partial charge on any atom is 0.335 e. The van der Waals surface area contributed by atoms with Crippen LogP contribution in [0.15, 0.2) is 23.8 Å². The van der Waals surface area contributed by atoms with Gasteiger partial charge in [-0.2, -0.15) is 0 Å². The van der Waals surface area contributed by atoms with Crippen molar-refractivity contribution in [2.24, 2.45) is 50.2 Å². The van der Waals surface area contributed by atoms with Gasteiger partial charge in [0.1, 0.15) is 97.8 Å². The van der Waals surface area contributed by atoms with Crippen LogP contribution in [0.2, 0.25) is 0 Å². The Bertz CT molecular complexity index is 2430. The van der Waals surface area contributed by atoms with E-state index in [2.05, 4.69) is 40.7 Å². The predicted octanol–water partition coefficient (Wildman–Crippen LogP) is -1.80. The van der Waals surface area contributed by atoms with Gasteiger partial charge in [0.15, 0.2) is 31.3 Å². The fourth-order valence-electron chi connectivity index (χ4n) is 17.1. The molecule has 4 heterocycles. The molecule has 4 aliphatic heterocycles. The quantitative estimate of drug-likeness (QED) is 0.0251. The number of carboxylic acid groups (broad SMARTS) is 1. The van der Waals surface area contributed by atoms with Crippen molar-refractivity contribution >= 4 is 18.2 Å². The largest absolute Gasteiger partial charge is 0.479 e. The normalized spacial score (nSPS) is 51.5. The number of hydrogen-bond acceptors (Lipinski definition) is 25. The van der Waals surface area contributed by atoms with E-state index in [-0.39, 0.29) is 30.1 Å². The highest BCUT2D eigenvalue weighted by atomic mass is 16.8. The highest BCUT2D eigenvalue weighted by Crippen LogP contribution is 2.76. The lowest BCUT2D eigenvalue weighted by Crippen LogP contribution is -2.70. The van der Waals surface area contributed by atoms with Crippen LogP contribution in [-0.4, -0.2) is 251 Å². The summed E-state index contributed by atoms with van der Waals surface area (Å²) in [5.74, 6) is -3.16. The molecule has 5 aliphatic carbocycles. The molecule has 9 rings (SSSR count). The zero-order valence-corrected chi connectivity index (χ0v) is 49.3. The fourth-order valence-corrected chi connectivity index (χ4v) is 17.1. The molecule has 484 valence electrons. The molecule has 9 aliphatic rings. The number of aldehydes is 1. The number of unbranched alkanes of at least 4 members (excludes halogenated alkanes) is 1. The number of ether oxygens (including phenoxy) is 9. The van der Waals surface area contributed by atoms with Crippen LogP contribution in [0.3, 0.4) is 0 Å². The van der Waals surface area contributed by atoms with Crippen molar-refractivity contribution in [2.75, 3.05) is 26.4 Å². The Morgan fingerprint density at radius 2 is 1.27 bits per heavy atom. The lowest BCUT2D eigenvalue weighted by atomic mass is 9.33. The van der Waals surface area contributed by atoms with Crippen molar-refractivity contribution in [3.05, 3.63) is 23.8 Å². The van der Waals surface area contributed by atoms with Gasteiger partial charge >= 0.3 is 11.9 Å². The summed E-state index contributed by atoms with van der Waals surface area (Å²) < 4.78 is 54.6. The molecule has 26 nitrogen and oxygen atoms in total. The summed E-state index contributed by atoms with van der Waals surface area (Å²) in [5, 5.41) is 154. The summed E-state index contributed by atoms with van der Waals surface area (Å²) in [7, 11) is 0. The average Bonchev–Trinajstić information content (AvgIpc) is 0.815. The zero-order valence-electron chi connectivity index (χ0n) is 49.3. The summed E-state index contributed by atoms with van der Waals surface area (Å²) in [5.41, 5.74) is -3.54. The molecule has 30 atom stereocenters. The molecule has 4 saturated heterocycles. The van der Waals surface area contributed by atoms with E-state index in [1.165, 1.54) is 6.08 Å². The minimum absolute atomic E-state index is 0.101. The van der Waals surface area contributed by atoms with Crippen LogP contribution in [-0.2, 0) is 57.0 Å². The molecule has 0 aromatic rings. The van der Waals surface area contributed by atoms with E-state index in [0.717, 1.165) is 18.3 Å². The number of carboxylic acids is 1. The molecule has 0 amide bonds. The first-order chi connectivity index (χ1) is 40.0. The molecule has 14 N–H and O–H groups in total. The number of hydrogen-bond donors (Lipinski definition) is 14. The highest BCUT2D eigenvalue weighted by molar-refractivity contribution is 5.82. The second kappa shape index (κ2) is 25.1. The number of aliphatic hydroxyl groups is 13. The van der Waals surface area contributed by atoms with Gasteiger partial charge in [-0.05, 0) is 97.2 Å². The smallest absolute Gasteiger partial charge is 0.335 e. The van der Waals surface area contributed by atoms with Gasteiger partial charge in [-0.25, -0.2) is 9.59 Å². The Balaban J connectivity index is 1.04. The van der Waals surface area contributed by atoms with Gasteiger partial charge in [0.05, 0.1) is 49.5 Å². The van der Waals surface area contributed by atoms with Crippen LogP contribution >= 0.6 is 0 Å². The number of carbonyl (C=O) groups excluding carboxylic acids is 2. The summed E-state index contributed by atoms with van der Waals surface area (Å²) in [6, 6.07) is 0. The van der Waals surface area contributed by atoms with Gasteiger partial charge in [0, 0.05) is 6.08 Å². The minimum atomic E-state index is -2.30. The van der Waals surface area contributed by atoms with E-state index in [4.69, 9.17) is 42.6 Å². The molecular weight excluding hydrogens is 1120 g/mol. The number of aliphatic hydroxyl groups excluding tert-OH is 13. The summed E-state index contributed by atoms with van der Waals surface area (Å²) >= 11 is 0. The molecule has 0 radical (unpaired) electrons. The number of carbonyl (C=O) groups is 3. The van der Waals surface area contributed by atoms with Crippen LogP contribution in [0, 0.1) is 50.2 Å². The fraction of sp³-hybridized carbons (Fsp3) is 0.881. The molecule has 0 bridgehead atoms. The molecule has 0 aromatic carbocycles. The molecule has 26 heteroatoms. The van der Waals surface area contributed by atoms with E-state index in [1.807, 2.05) is 6.92 Å². The van der Waals surface area contributed by atoms with Crippen molar-refractivity contribution in [3.8, 4) is 0 Å². The number of rotatable bonds is 17. The minimum Gasteiger partial charge on any atom is -0.479 e. The van der Waals surface area contributed by atoms with Crippen molar-refractivity contribution < 1.29 is 129 Å². The first kappa shape index (κ1) is 66.7. The SMILES string of the molecule is CCC/C=C/C(=O)O[C@H]1CC(C)(C)C[C@H]2C3=CCC4[C@@]5(C)CC[C@H](O[C@@H]6O[C@H](C(=O)O)[C@@H](O)[C@H](O[C@@H]7OC[C@H](O)[C@H](O)[C@H]7O[C@@H]7O[C@H](CO)[C@@H](O)[C@H](O)[C@H]7O)[C@H]6O[C@@H]6O[C@H](CO)[C@H](O)[C@H](O)[C@H]6O)[C@@](C)(C=O)C5CC[C@@]4(C)[C@]3(C)C[C@@H](O)[C@@]12CO. The van der Waals surface area contributed by atoms with Crippen LogP contribution in [0.4, 0.5) is 0 Å². The topological polar surface area (TPSA) is 418 Å². The second-order valence-electron chi connectivity index (χ2n) is 27.4. The summed E-state index contributed by atoms with van der Waals surface area (Å²) in [6.07, 6.45) is -28.9. The first-order valence-electron chi connectivity index (χ1n) is 30.1. The third kappa shape index (κ3) is 11.3. The van der Waals surface area contributed by atoms with E-state index < -0.39 is 206 Å². The molecule has 0 spiro atoms. The van der Waals surface area contributed by atoms with E-state index in [0.29, 0.717) is 44.9 Å². The number of fused-ring (bicyclic) bond motifs is 7. The maximum absolute atomic E-state index is 14.2. The second-order valence-corrected chi connectivity index (χ2v) is 27.4. The van der Waals surface area contributed by atoms with Gasteiger partial charge in [-0.3, -0.25) is 0 Å². The maximum atomic E-state index is 14.2. The third-order valence-corrected chi connectivity index (χ3v) is 22.1. The zero-order chi connectivity index (χ0) is 62.3. The summed E-state index contributed by atoms with van der Waals surface area (Å²) in [4.78, 5) is 40.7. The monoisotopic (exact) mass is 1220 g/mol. The van der Waals surface area contributed by atoms with Crippen LogP contribution in [0.1, 0.15) is 113 Å². The van der Waals surface area contributed by atoms with Crippen LogP contribution < -0.4 is 0 Å². The first-order valence-corrected chi connectivity index (χ1v) is 30.1. The Morgan fingerprint density at radius 3 is 1.85 bits per heavy atom. The van der Waals surface area contributed by atoms with E-state index in [1.54, 1.807) is 13.0 Å². The molecule has 85 heavy (non-hydrogen) atoms. The third-order valence-electron chi connectivity index (χ3n) is 22.1. The molecule has 2 unspecified atom stereocenters. The van der Waals surface area contributed by atoms with Crippen molar-refractivity contribution in [1.82, 2.24) is 0 Å². The van der Waals surface area contributed by atoms with E-state index in [9.17, 15) is 85.9 Å². The highest BCUT2D eigenvalue weighted by Gasteiger charge is 2.73. The predicted molar refractivity (Wildman–Crippen MR) is 288 cm³/mol. The Kier molecular flexibility index (Phi) is 19.7. The van der Waals surface area contributed by atoms with Gasteiger partial charge in [0.25, 0.3) is 0 Å².